The van der Waals surface area contributed by atoms with Gasteiger partial charge in [-0.3, -0.25) is 24.1 Å². The second-order valence-corrected chi connectivity index (χ2v) is 8.91. The van der Waals surface area contributed by atoms with Crippen LogP contribution in [-0.2, 0) is 4.79 Å². The van der Waals surface area contributed by atoms with Crippen molar-refractivity contribution in [2.45, 2.75) is 25.8 Å². The van der Waals surface area contributed by atoms with E-state index in [-0.39, 0.29) is 11.5 Å². The molecule has 5 aromatic rings. The van der Waals surface area contributed by atoms with Crippen LogP contribution in [0.4, 0.5) is 5.69 Å². The number of tetrazole rings is 1. The third kappa shape index (κ3) is 4.96. The van der Waals surface area contributed by atoms with Gasteiger partial charge in [0.25, 0.3) is 5.56 Å². The summed E-state index contributed by atoms with van der Waals surface area (Å²) in [4.78, 5) is 35.4. The molecule has 0 saturated carbocycles. The molecule has 3 heterocycles. The molecule has 0 radical (unpaired) electrons. The highest BCUT2D eigenvalue weighted by atomic mass is 35.5. The maximum absolute atomic E-state index is 13.4. The molecule has 0 unspecified atom stereocenters. The smallest absolute Gasteiger partial charge is 0.252 e. The van der Waals surface area contributed by atoms with Crippen molar-refractivity contribution >= 4 is 34.2 Å². The molecule has 12 heteroatoms. The van der Waals surface area contributed by atoms with Crippen LogP contribution < -0.4 is 15.6 Å². The number of pyridine rings is 1. The lowest BCUT2D eigenvalue weighted by Gasteiger charge is -2.21. The fourth-order valence-electron chi connectivity index (χ4n) is 4.28. The highest BCUT2D eigenvalue weighted by molar-refractivity contribution is 6.31. The summed E-state index contributed by atoms with van der Waals surface area (Å²) in [6.07, 6.45) is 7.31. The van der Waals surface area contributed by atoms with Crippen molar-refractivity contribution in [1.29, 1.82) is 0 Å². The minimum absolute atomic E-state index is 0.330. The van der Waals surface area contributed by atoms with E-state index in [9.17, 15) is 9.59 Å². The summed E-state index contributed by atoms with van der Waals surface area (Å²) in [5.41, 5.74) is 3.25. The molecular weight excluding hydrogens is 508 g/mol. The van der Waals surface area contributed by atoms with Gasteiger partial charge in [0.15, 0.2) is 0 Å². The number of anilines is 1. The van der Waals surface area contributed by atoms with E-state index >= 15 is 0 Å². The van der Waals surface area contributed by atoms with E-state index in [1.165, 1.54) is 28.8 Å². The molecule has 1 amide bonds. The number of nitrogens with zero attached hydrogens (tertiary/aromatic N) is 7. The SMILES string of the molecule is CCC[C@@H](C(=O)Nc1ccc2nccnc2c1)n1cc(OC)c(-c2cc(Cl)ccc2-n2cnnn2)cc1=O. The Morgan fingerprint density at radius 2 is 1.89 bits per heavy atom. The molecule has 38 heavy (non-hydrogen) atoms. The Labute approximate surface area is 222 Å². The number of rotatable bonds is 8. The zero-order valence-electron chi connectivity index (χ0n) is 20.6. The summed E-state index contributed by atoms with van der Waals surface area (Å²) >= 11 is 6.30. The molecule has 0 fully saturated rings. The zero-order chi connectivity index (χ0) is 26.6. The summed E-state index contributed by atoms with van der Waals surface area (Å²) in [7, 11) is 1.50. The predicted octanol–water partition coefficient (Wildman–Crippen LogP) is 4.08. The Bertz CT molecular complexity index is 1670. The zero-order valence-corrected chi connectivity index (χ0v) is 21.3. The molecular formula is C26H23ClN8O3. The molecule has 192 valence electrons. The standard InChI is InChI=1S/C26H23ClN8O3/c1-3-4-23(26(37)31-17-6-7-20-21(12-17)29-10-9-28-20)34-14-24(38-2)19(13-25(34)36)18-11-16(27)5-8-22(18)35-15-30-32-33-35/h5-15,23H,3-4H2,1-2H3,(H,31,37)/t23-/m0/s1. The van der Waals surface area contributed by atoms with Crippen molar-refractivity contribution in [1.82, 2.24) is 34.7 Å². The molecule has 5 rings (SSSR count). The topological polar surface area (TPSA) is 130 Å². The molecule has 2 aromatic carbocycles. The largest absolute Gasteiger partial charge is 0.495 e. The van der Waals surface area contributed by atoms with Crippen molar-refractivity contribution < 1.29 is 9.53 Å². The van der Waals surface area contributed by atoms with Crippen molar-refractivity contribution in [3.05, 3.63) is 82.8 Å². The van der Waals surface area contributed by atoms with Gasteiger partial charge in [-0.25, -0.2) is 0 Å². The molecule has 1 atom stereocenters. The highest BCUT2D eigenvalue weighted by Gasteiger charge is 2.24. The van der Waals surface area contributed by atoms with Gasteiger partial charge < -0.3 is 10.1 Å². The molecule has 11 nitrogen and oxygen atoms in total. The number of halogens is 1. The van der Waals surface area contributed by atoms with E-state index in [0.29, 0.717) is 57.1 Å². The second-order valence-electron chi connectivity index (χ2n) is 8.47. The minimum atomic E-state index is -0.772. The lowest BCUT2D eigenvalue weighted by molar-refractivity contribution is -0.119. The Morgan fingerprint density at radius 3 is 2.63 bits per heavy atom. The number of benzene rings is 2. The van der Waals surface area contributed by atoms with Crippen molar-refractivity contribution in [2.24, 2.45) is 0 Å². The fraction of sp³-hybridized carbons (Fsp3) is 0.192. The summed E-state index contributed by atoms with van der Waals surface area (Å²) in [6.45, 7) is 1.95. The average Bonchev–Trinajstić information content (AvgIpc) is 3.46. The number of fused-ring (bicyclic) bond motifs is 1. The number of carbonyl (C=O) groups excluding carboxylic acids is 1. The van der Waals surface area contributed by atoms with Crippen LogP contribution in [0.1, 0.15) is 25.8 Å². The third-order valence-electron chi connectivity index (χ3n) is 6.05. The molecule has 3 aromatic heterocycles. The van der Waals surface area contributed by atoms with Gasteiger partial charge in [-0.05, 0) is 53.2 Å². The normalized spacial score (nSPS) is 11.9. The third-order valence-corrected chi connectivity index (χ3v) is 6.28. The summed E-state index contributed by atoms with van der Waals surface area (Å²) in [5.74, 6) is 0.0557. The molecule has 0 spiro atoms. The van der Waals surface area contributed by atoms with Crippen LogP contribution in [0.2, 0.25) is 5.02 Å². The first-order chi connectivity index (χ1) is 18.5. The summed E-state index contributed by atoms with van der Waals surface area (Å²) < 4.78 is 8.53. The van der Waals surface area contributed by atoms with Crippen LogP contribution in [0, 0.1) is 0 Å². The minimum Gasteiger partial charge on any atom is -0.495 e. The fourth-order valence-corrected chi connectivity index (χ4v) is 4.45. The van der Waals surface area contributed by atoms with E-state index in [1.807, 2.05) is 6.92 Å². The number of ether oxygens (including phenoxy) is 1. The van der Waals surface area contributed by atoms with E-state index in [2.05, 4.69) is 30.8 Å². The molecule has 0 bridgehead atoms. The Kier molecular flexibility index (Phi) is 7.09. The predicted molar refractivity (Wildman–Crippen MR) is 143 cm³/mol. The van der Waals surface area contributed by atoms with Crippen LogP contribution in [-0.4, -0.2) is 47.8 Å². The number of hydrogen-bond acceptors (Lipinski definition) is 8. The molecule has 0 saturated heterocycles. The van der Waals surface area contributed by atoms with Gasteiger partial charge in [0.05, 0.1) is 30.0 Å². The van der Waals surface area contributed by atoms with Crippen molar-refractivity contribution in [3.8, 4) is 22.6 Å². The number of carbonyl (C=O) groups is 1. The molecule has 0 aliphatic heterocycles. The Morgan fingerprint density at radius 1 is 1.08 bits per heavy atom. The van der Waals surface area contributed by atoms with Gasteiger partial charge in [0.1, 0.15) is 18.1 Å². The lowest BCUT2D eigenvalue weighted by Crippen LogP contribution is -2.33. The number of aromatic nitrogens is 7. The number of hydrogen-bond donors (Lipinski definition) is 1. The van der Waals surface area contributed by atoms with Crippen LogP contribution in [0.25, 0.3) is 27.8 Å². The highest BCUT2D eigenvalue weighted by Crippen LogP contribution is 2.35. The monoisotopic (exact) mass is 530 g/mol. The van der Waals surface area contributed by atoms with Crippen LogP contribution in [0.15, 0.2) is 72.2 Å². The summed E-state index contributed by atoms with van der Waals surface area (Å²) in [5, 5.41) is 14.7. The van der Waals surface area contributed by atoms with E-state index < -0.39 is 6.04 Å². The Hall–Kier alpha value is -4.64. The lowest BCUT2D eigenvalue weighted by atomic mass is 10.0. The van der Waals surface area contributed by atoms with Gasteiger partial charge in [-0.15, -0.1) is 5.10 Å². The van der Waals surface area contributed by atoms with Gasteiger partial charge in [-0.1, -0.05) is 24.9 Å². The summed E-state index contributed by atoms with van der Waals surface area (Å²) in [6, 6.07) is 11.1. The average molecular weight is 531 g/mol. The first-order valence-electron chi connectivity index (χ1n) is 11.8. The number of nitrogens with one attached hydrogen (secondary N) is 1. The first kappa shape index (κ1) is 25.0. The Balaban J connectivity index is 1.53. The molecule has 0 aliphatic carbocycles. The number of methoxy groups -OCH3 is 1. The van der Waals surface area contributed by atoms with E-state index in [1.54, 1.807) is 55.0 Å². The maximum atomic E-state index is 13.4. The van der Waals surface area contributed by atoms with E-state index in [0.717, 1.165) is 0 Å². The van der Waals surface area contributed by atoms with Gasteiger partial charge in [-0.2, -0.15) is 4.68 Å². The van der Waals surface area contributed by atoms with Crippen molar-refractivity contribution in [3.63, 3.8) is 0 Å². The first-order valence-corrected chi connectivity index (χ1v) is 12.2. The van der Waals surface area contributed by atoms with Crippen LogP contribution in [0.3, 0.4) is 0 Å². The second kappa shape index (κ2) is 10.8. The van der Waals surface area contributed by atoms with Crippen LogP contribution in [0.5, 0.6) is 5.75 Å². The molecule has 0 aliphatic rings. The van der Waals surface area contributed by atoms with E-state index in [4.69, 9.17) is 16.3 Å². The molecule has 1 N–H and O–H groups in total. The van der Waals surface area contributed by atoms with Gasteiger partial charge in [0, 0.05) is 40.3 Å². The van der Waals surface area contributed by atoms with Gasteiger partial charge >= 0.3 is 0 Å². The quantitative estimate of drug-likeness (QED) is 0.317. The van der Waals surface area contributed by atoms with Crippen molar-refractivity contribution in [2.75, 3.05) is 12.4 Å². The van der Waals surface area contributed by atoms with Crippen LogP contribution >= 0.6 is 11.6 Å². The number of amides is 1. The van der Waals surface area contributed by atoms with Gasteiger partial charge in [0.2, 0.25) is 5.91 Å². The maximum Gasteiger partial charge on any atom is 0.252 e.